The molecular weight excluding hydrogens is 428 g/mol. The highest BCUT2D eigenvalue weighted by atomic mass is 16.5. The molecule has 0 aliphatic carbocycles. The van der Waals surface area contributed by atoms with Gasteiger partial charge in [-0.15, -0.1) is 6.58 Å². The first-order valence-corrected chi connectivity index (χ1v) is 10.1. The van der Waals surface area contributed by atoms with Crippen molar-refractivity contribution in [3.05, 3.63) is 65.7 Å². The third kappa shape index (κ3) is 4.34. The molecule has 2 atom stereocenters. The highest BCUT2D eigenvalue weighted by molar-refractivity contribution is 6.02. The number of rotatable bonds is 7. The molecule has 3 rings (SSSR count). The molecule has 0 aromatic heterocycles. The minimum atomic E-state index is -0.914. The maximum atomic E-state index is 13.6. The van der Waals surface area contributed by atoms with Crippen molar-refractivity contribution in [2.75, 3.05) is 40.3 Å². The van der Waals surface area contributed by atoms with E-state index in [2.05, 4.69) is 11.9 Å². The van der Waals surface area contributed by atoms with Crippen molar-refractivity contribution in [2.24, 2.45) is 0 Å². The highest BCUT2D eigenvalue weighted by Gasteiger charge is 2.46. The average molecular weight is 454 g/mol. The molecule has 0 bridgehead atoms. The molecule has 2 amide bonds. The van der Waals surface area contributed by atoms with Gasteiger partial charge in [0, 0.05) is 17.8 Å². The van der Waals surface area contributed by atoms with Crippen LogP contribution in [0.15, 0.2) is 49.1 Å². The van der Waals surface area contributed by atoms with E-state index >= 15 is 0 Å². The summed E-state index contributed by atoms with van der Waals surface area (Å²) in [5, 5.41) is 2.66. The first-order valence-electron chi connectivity index (χ1n) is 10.1. The number of nitrogens with zero attached hydrogens (tertiary/aromatic N) is 1. The molecular formula is C24H26N2O7. The van der Waals surface area contributed by atoms with Gasteiger partial charge in [0.2, 0.25) is 0 Å². The van der Waals surface area contributed by atoms with Crippen molar-refractivity contribution in [3.63, 3.8) is 0 Å². The van der Waals surface area contributed by atoms with Gasteiger partial charge in [0.25, 0.3) is 5.91 Å². The smallest absolute Gasteiger partial charge is 0.411 e. The summed E-state index contributed by atoms with van der Waals surface area (Å²) in [7, 11) is 5.47. The summed E-state index contributed by atoms with van der Waals surface area (Å²) >= 11 is 0. The van der Waals surface area contributed by atoms with Crippen molar-refractivity contribution >= 4 is 23.7 Å². The monoisotopic (exact) mass is 454 g/mol. The van der Waals surface area contributed by atoms with Crippen LogP contribution >= 0.6 is 0 Å². The van der Waals surface area contributed by atoms with Gasteiger partial charge in [-0.3, -0.25) is 14.9 Å². The fourth-order valence-corrected chi connectivity index (χ4v) is 4.06. The van der Waals surface area contributed by atoms with E-state index in [-0.39, 0.29) is 12.5 Å². The van der Waals surface area contributed by atoms with E-state index in [1.54, 1.807) is 42.5 Å². The number of ether oxygens (including phenoxy) is 4. The third-order valence-corrected chi connectivity index (χ3v) is 5.52. The van der Waals surface area contributed by atoms with Crippen LogP contribution in [0.2, 0.25) is 0 Å². The number of esters is 1. The summed E-state index contributed by atoms with van der Waals surface area (Å²) < 4.78 is 20.7. The predicted molar refractivity (Wildman–Crippen MR) is 121 cm³/mol. The van der Waals surface area contributed by atoms with Gasteiger partial charge in [0.05, 0.1) is 34.5 Å². The van der Waals surface area contributed by atoms with Gasteiger partial charge in [-0.1, -0.05) is 24.3 Å². The van der Waals surface area contributed by atoms with Crippen molar-refractivity contribution in [1.29, 1.82) is 0 Å². The number of para-hydroxylation sites is 1. The van der Waals surface area contributed by atoms with Crippen molar-refractivity contribution < 1.29 is 33.3 Å². The van der Waals surface area contributed by atoms with Gasteiger partial charge in [0.15, 0.2) is 11.5 Å². The molecule has 1 heterocycles. The number of methoxy groups -OCH3 is 4. The van der Waals surface area contributed by atoms with Gasteiger partial charge in [-0.25, -0.2) is 4.79 Å². The van der Waals surface area contributed by atoms with E-state index in [0.717, 1.165) is 0 Å². The predicted octanol–water partition coefficient (Wildman–Crippen LogP) is 3.52. The molecule has 9 heteroatoms. The van der Waals surface area contributed by atoms with Crippen molar-refractivity contribution in [1.82, 2.24) is 4.90 Å². The van der Waals surface area contributed by atoms with E-state index in [1.165, 1.54) is 33.3 Å². The summed E-state index contributed by atoms with van der Waals surface area (Å²) in [6, 6.07) is 9.25. The van der Waals surface area contributed by atoms with E-state index in [1.807, 2.05) is 0 Å². The lowest BCUT2D eigenvalue weighted by Crippen LogP contribution is -2.45. The lowest BCUT2D eigenvalue weighted by molar-refractivity contribution is -0.144. The zero-order chi connectivity index (χ0) is 24.1. The Morgan fingerprint density at radius 1 is 1.03 bits per heavy atom. The molecule has 1 aliphatic heterocycles. The summed E-state index contributed by atoms with van der Waals surface area (Å²) in [5.74, 6) is -1.07. The fourth-order valence-electron chi connectivity index (χ4n) is 4.06. The van der Waals surface area contributed by atoms with Gasteiger partial charge in [-0.05, 0) is 29.3 Å². The zero-order valence-corrected chi connectivity index (χ0v) is 18.9. The maximum Gasteiger partial charge on any atom is 0.411 e. The van der Waals surface area contributed by atoms with Gasteiger partial charge >= 0.3 is 12.1 Å². The molecule has 2 aromatic rings. The fraction of sp³-hybridized carbons (Fsp3) is 0.292. The molecule has 0 spiro atoms. The number of amides is 2. The van der Waals surface area contributed by atoms with Crippen LogP contribution in [-0.2, 0) is 14.3 Å². The molecule has 0 saturated carbocycles. The Bertz CT molecular complexity index is 1080. The summed E-state index contributed by atoms with van der Waals surface area (Å²) in [4.78, 5) is 40.2. The van der Waals surface area contributed by atoms with Crippen LogP contribution in [-0.4, -0.2) is 57.9 Å². The van der Waals surface area contributed by atoms with Gasteiger partial charge < -0.3 is 23.8 Å². The van der Waals surface area contributed by atoms with E-state index in [0.29, 0.717) is 33.9 Å². The Hall–Kier alpha value is -4.01. The zero-order valence-electron chi connectivity index (χ0n) is 18.9. The number of nitrogens with one attached hydrogen (secondary N) is 1. The Morgan fingerprint density at radius 3 is 2.30 bits per heavy atom. The lowest BCUT2D eigenvalue weighted by atomic mass is 9.79. The molecule has 1 aliphatic rings. The Balaban J connectivity index is 2.31. The highest BCUT2D eigenvalue weighted by Crippen LogP contribution is 2.48. The molecule has 9 nitrogen and oxygen atoms in total. The molecule has 1 N–H and O–H groups in total. The standard InChI is InChI=1S/C24H26N2O7/c1-6-11-26-21(14-9-7-8-10-17(14)25-24(29)33-5)20(23(28)32-4)15-12-18(30-2)19(31-3)13-16(15)22(26)27/h6-10,12-13,20-21H,1,11H2,2-5H3,(H,25,29). The van der Waals surface area contributed by atoms with Gasteiger partial charge in [-0.2, -0.15) is 0 Å². The van der Waals surface area contributed by atoms with E-state index in [9.17, 15) is 14.4 Å². The molecule has 0 fully saturated rings. The number of carbonyl (C=O) groups excluding carboxylic acids is 3. The van der Waals surface area contributed by atoms with Crippen LogP contribution in [0.5, 0.6) is 11.5 Å². The minimum absolute atomic E-state index is 0.150. The summed E-state index contributed by atoms with van der Waals surface area (Å²) in [6.45, 7) is 3.91. The number of fused-ring (bicyclic) bond motifs is 1. The number of benzene rings is 2. The number of anilines is 1. The number of carbonyl (C=O) groups is 3. The molecule has 0 radical (unpaired) electrons. The second-order valence-corrected chi connectivity index (χ2v) is 7.19. The van der Waals surface area contributed by atoms with Crippen LogP contribution < -0.4 is 14.8 Å². The Labute approximate surface area is 191 Å². The topological polar surface area (TPSA) is 103 Å². The Morgan fingerprint density at radius 2 is 1.70 bits per heavy atom. The minimum Gasteiger partial charge on any atom is -0.493 e. The first-order chi connectivity index (χ1) is 15.9. The third-order valence-electron chi connectivity index (χ3n) is 5.52. The van der Waals surface area contributed by atoms with Crippen LogP contribution in [0.3, 0.4) is 0 Å². The Kier molecular flexibility index (Phi) is 7.22. The van der Waals surface area contributed by atoms with Crippen LogP contribution in [0.4, 0.5) is 10.5 Å². The van der Waals surface area contributed by atoms with Crippen molar-refractivity contribution in [2.45, 2.75) is 12.0 Å². The molecule has 33 heavy (non-hydrogen) atoms. The van der Waals surface area contributed by atoms with Crippen LogP contribution in [0.1, 0.15) is 33.4 Å². The second kappa shape index (κ2) is 10.1. The number of hydrogen-bond acceptors (Lipinski definition) is 7. The quantitative estimate of drug-likeness (QED) is 0.504. The van der Waals surface area contributed by atoms with Gasteiger partial charge in [0.1, 0.15) is 5.92 Å². The second-order valence-electron chi connectivity index (χ2n) is 7.19. The molecule has 2 unspecified atom stereocenters. The largest absolute Gasteiger partial charge is 0.493 e. The van der Waals surface area contributed by atoms with Crippen LogP contribution in [0.25, 0.3) is 0 Å². The lowest BCUT2D eigenvalue weighted by Gasteiger charge is -2.41. The molecule has 174 valence electrons. The maximum absolute atomic E-state index is 13.6. The molecule has 0 saturated heterocycles. The molecule has 2 aromatic carbocycles. The summed E-state index contributed by atoms with van der Waals surface area (Å²) in [5.41, 5.74) is 1.66. The first kappa shape index (κ1) is 23.6. The number of hydrogen-bond donors (Lipinski definition) is 1. The van der Waals surface area contributed by atoms with Crippen molar-refractivity contribution in [3.8, 4) is 11.5 Å². The van der Waals surface area contributed by atoms with Crippen LogP contribution in [0, 0.1) is 0 Å². The summed E-state index contributed by atoms with van der Waals surface area (Å²) in [6.07, 6.45) is 0.891. The van der Waals surface area contributed by atoms with E-state index in [4.69, 9.17) is 18.9 Å². The SMILES string of the molecule is C=CCN1C(=O)c2cc(OC)c(OC)cc2C(C(=O)OC)C1c1ccccc1NC(=O)OC. The van der Waals surface area contributed by atoms with E-state index < -0.39 is 24.0 Å². The average Bonchev–Trinajstić information content (AvgIpc) is 2.84. The normalized spacial score (nSPS) is 17.0.